The molecule has 0 aliphatic rings. The summed E-state index contributed by atoms with van der Waals surface area (Å²) in [5.41, 5.74) is 2.38. The van der Waals surface area contributed by atoms with Gasteiger partial charge in [0.2, 0.25) is 0 Å². The molecule has 0 amide bonds. The maximum atomic E-state index is 4.08. The molecule has 1 aromatic rings. The van der Waals surface area contributed by atoms with Gasteiger partial charge in [0.15, 0.2) is 0 Å². The molecule has 0 atom stereocenters. The smallest absolute Gasteiger partial charge is 0.0401 e. The molecule has 0 spiro atoms. The van der Waals surface area contributed by atoms with Gasteiger partial charge in [-0.1, -0.05) is 6.07 Å². The van der Waals surface area contributed by atoms with Crippen LogP contribution in [-0.4, -0.2) is 13.4 Å². The summed E-state index contributed by atoms with van der Waals surface area (Å²) in [7, 11) is 0. The van der Waals surface area contributed by atoms with Gasteiger partial charge < -0.3 is 0 Å². The van der Waals surface area contributed by atoms with Gasteiger partial charge in [-0.3, -0.25) is 4.98 Å². The Labute approximate surface area is 57.7 Å². The van der Waals surface area contributed by atoms with Crippen LogP contribution in [0.15, 0.2) is 18.3 Å². The lowest BCUT2D eigenvalue weighted by molar-refractivity contribution is 1.15. The molecule has 0 aromatic carbocycles. The zero-order chi connectivity index (χ0) is 5.98. The van der Waals surface area contributed by atoms with Crippen molar-refractivity contribution in [2.45, 2.75) is 13.8 Å². The molecule has 2 heteroatoms. The summed E-state index contributed by atoms with van der Waals surface area (Å²) in [6, 6.07) is 4.00. The number of hydrogen-bond donors (Lipinski definition) is 0. The van der Waals surface area contributed by atoms with E-state index in [1.165, 1.54) is 5.56 Å². The van der Waals surface area contributed by atoms with Gasteiger partial charge in [0.25, 0.3) is 0 Å². The third-order valence-corrected chi connectivity index (χ3v) is 1.27. The standard InChI is InChI=1S/C7H9N.B/c1-6-4-3-5-8-7(6)2;/h3-5H,1-2H3;. The van der Waals surface area contributed by atoms with Gasteiger partial charge in [0, 0.05) is 20.3 Å². The zero-order valence-electron chi connectivity index (χ0n) is 5.76. The van der Waals surface area contributed by atoms with Crippen LogP contribution in [0, 0.1) is 13.8 Å². The Kier molecular flexibility index (Phi) is 3.00. The number of aryl methyl sites for hydroxylation is 2. The SMILES string of the molecule is Cc1cccnc1C.[B]. The topological polar surface area (TPSA) is 12.9 Å². The van der Waals surface area contributed by atoms with Crippen LogP contribution in [0.5, 0.6) is 0 Å². The summed E-state index contributed by atoms with van der Waals surface area (Å²) >= 11 is 0. The van der Waals surface area contributed by atoms with Crippen molar-refractivity contribution in [3.8, 4) is 0 Å². The predicted octanol–water partition coefficient (Wildman–Crippen LogP) is 1.32. The zero-order valence-corrected chi connectivity index (χ0v) is 5.76. The molecule has 1 heterocycles. The van der Waals surface area contributed by atoms with Crippen molar-refractivity contribution in [3.63, 3.8) is 0 Å². The average Bonchev–Trinajstić information content (AvgIpc) is 1.77. The van der Waals surface area contributed by atoms with Crippen LogP contribution in [0.4, 0.5) is 0 Å². The summed E-state index contributed by atoms with van der Waals surface area (Å²) in [4.78, 5) is 4.08. The maximum Gasteiger partial charge on any atom is 0.0401 e. The number of rotatable bonds is 0. The number of pyridine rings is 1. The highest BCUT2D eigenvalue weighted by atomic mass is 14.6. The molecule has 0 N–H and O–H groups in total. The molecule has 0 unspecified atom stereocenters. The number of aromatic nitrogens is 1. The molecule has 0 fully saturated rings. The van der Waals surface area contributed by atoms with E-state index < -0.39 is 0 Å². The van der Waals surface area contributed by atoms with Crippen molar-refractivity contribution >= 4 is 8.41 Å². The summed E-state index contributed by atoms with van der Waals surface area (Å²) in [6.07, 6.45) is 1.81. The van der Waals surface area contributed by atoms with Gasteiger partial charge in [-0.15, -0.1) is 0 Å². The second kappa shape index (κ2) is 3.28. The Morgan fingerprint density at radius 1 is 1.33 bits per heavy atom. The van der Waals surface area contributed by atoms with Crippen molar-refractivity contribution in [2.24, 2.45) is 0 Å². The van der Waals surface area contributed by atoms with Crippen molar-refractivity contribution in [3.05, 3.63) is 29.6 Å². The second-order valence-electron chi connectivity index (χ2n) is 1.91. The molecule has 0 saturated carbocycles. The number of hydrogen-bond acceptors (Lipinski definition) is 1. The first kappa shape index (κ1) is 8.21. The van der Waals surface area contributed by atoms with Crippen molar-refractivity contribution < 1.29 is 0 Å². The van der Waals surface area contributed by atoms with Gasteiger partial charge in [0.1, 0.15) is 0 Å². The highest BCUT2D eigenvalue weighted by Crippen LogP contribution is 1.98. The van der Waals surface area contributed by atoms with E-state index in [1.54, 1.807) is 0 Å². The Morgan fingerprint density at radius 2 is 2.00 bits per heavy atom. The largest absolute Gasteiger partial charge is 0.261 e. The lowest BCUT2D eigenvalue weighted by atomic mass is 10.2. The minimum atomic E-state index is 0. The fourth-order valence-electron chi connectivity index (χ4n) is 0.565. The molecule has 0 bridgehead atoms. The quantitative estimate of drug-likeness (QED) is 0.468. The van der Waals surface area contributed by atoms with E-state index >= 15 is 0 Å². The molecule has 9 heavy (non-hydrogen) atoms. The Morgan fingerprint density at radius 3 is 2.33 bits per heavy atom. The van der Waals surface area contributed by atoms with Gasteiger partial charge >= 0.3 is 0 Å². The maximum absolute atomic E-state index is 4.08. The Balaban J connectivity index is 0.000000640. The van der Waals surface area contributed by atoms with Crippen LogP contribution in [-0.2, 0) is 0 Å². The van der Waals surface area contributed by atoms with E-state index in [0.29, 0.717) is 0 Å². The summed E-state index contributed by atoms with van der Waals surface area (Å²) in [6.45, 7) is 4.07. The van der Waals surface area contributed by atoms with Crippen LogP contribution >= 0.6 is 0 Å². The van der Waals surface area contributed by atoms with E-state index in [1.807, 2.05) is 19.2 Å². The van der Waals surface area contributed by atoms with Crippen LogP contribution in [0.25, 0.3) is 0 Å². The fraction of sp³-hybridized carbons (Fsp3) is 0.286. The molecule has 1 nitrogen and oxygen atoms in total. The molecule has 1 rings (SSSR count). The Bertz CT molecular complexity index is 165. The molecule has 0 aliphatic carbocycles. The van der Waals surface area contributed by atoms with E-state index in [4.69, 9.17) is 0 Å². The lowest BCUT2D eigenvalue weighted by Crippen LogP contribution is -1.81. The van der Waals surface area contributed by atoms with Gasteiger partial charge in [-0.25, -0.2) is 0 Å². The average molecular weight is 118 g/mol. The first-order chi connectivity index (χ1) is 3.80. The van der Waals surface area contributed by atoms with E-state index in [-0.39, 0.29) is 8.41 Å². The minimum Gasteiger partial charge on any atom is -0.261 e. The van der Waals surface area contributed by atoms with Crippen LogP contribution in [0.1, 0.15) is 11.3 Å². The monoisotopic (exact) mass is 118 g/mol. The van der Waals surface area contributed by atoms with E-state index in [0.717, 1.165) is 5.69 Å². The van der Waals surface area contributed by atoms with Gasteiger partial charge in [-0.2, -0.15) is 0 Å². The third kappa shape index (κ3) is 1.88. The normalized spacial score (nSPS) is 8.22. The number of nitrogens with zero attached hydrogens (tertiary/aromatic N) is 1. The van der Waals surface area contributed by atoms with Crippen LogP contribution in [0.2, 0.25) is 0 Å². The summed E-state index contributed by atoms with van der Waals surface area (Å²) < 4.78 is 0. The first-order valence-corrected chi connectivity index (χ1v) is 2.69. The van der Waals surface area contributed by atoms with Crippen molar-refractivity contribution in [1.29, 1.82) is 0 Å². The molecule has 0 saturated heterocycles. The van der Waals surface area contributed by atoms with Crippen LogP contribution < -0.4 is 0 Å². The van der Waals surface area contributed by atoms with Gasteiger partial charge in [-0.05, 0) is 25.5 Å². The van der Waals surface area contributed by atoms with Crippen molar-refractivity contribution in [2.75, 3.05) is 0 Å². The van der Waals surface area contributed by atoms with E-state index in [2.05, 4.69) is 18.0 Å². The van der Waals surface area contributed by atoms with Gasteiger partial charge in [0.05, 0.1) is 0 Å². The molecule has 3 radical (unpaired) electrons. The van der Waals surface area contributed by atoms with Crippen molar-refractivity contribution in [1.82, 2.24) is 4.98 Å². The van der Waals surface area contributed by atoms with E-state index in [9.17, 15) is 0 Å². The third-order valence-electron chi connectivity index (χ3n) is 1.27. The molecular weight excluding hydrogens is 109 g/mol. The Hall–Kier alpha value is -0.785. The highest BCUT2D eigenvalue weighted by Gasteiger charge is 1.85. The minimum absolute atomic E-state index is 0. The molecule has 1 aromatic heterocycles. The summed E-state index contributed by atoms with van der Waals surface area (Å²) in [5.74, 6) is 0. The molecule has 45 valence electrons. The fourth-order valence-corrected chi connectivity index (χ4v) is 0.565. The lowest BCUT2D eigenvalue weighted by Gasteiger charge is -1.92. The molecule has 0 aliphatic heterocycles. The van der Waals surface area contributed by atoms with Crippen LogP contribution in [0.3, 0.4) is 0 Å². The second-order valence-corrected chi connectivity index (χ2v) is 1.91. The predicted molar refractivity (Wildman–Crippen MR) is 39.5 cm³/mol. The molecular formula is C7H9BN. The first-order valence-electron chi connectivity index (χ1n) is 2.69. The summed E-state index contributed by atoms with van der Waals surface area (Å²) in [5, 5.41) is 0. The highest BCUT2D eigenvalue weighted by molar-refractivity contribution is 5.75.